The summed E-state index contributed by atoms with van der Waals surface area (Å²) in [7, 11) is 0. The highest BCUT2D eigenvalue weighted by molar-refractivity contribution is 5.28. The lowest BCUT2D eigenvalue weighted by Crippen LogP contribution is -1.87. The van der Waals surface area contributed by atoms with Crippen LogP contribution in [0.1, 0.15) is 37.8 Å². The highest BCUT2D eigenvalue weighted by Crippen LogP contribution is 2.14. The molecule has 0 aliphatic heterocycles. The maximum absolute atomic E-state index is 8.65. The van der Waals surface area contributed by atoms with Crippen LogP contribution in [0.15, 0.2) is 48.5 Å². The zero-order valence-corrected chi connectivity index (χ0v) is 11.8. The molecule has 0 aliphatic rings. The molecule has 0 radical (unpaired) electrons. The molecule has 0 aliphatic carbocycles. The third-order valence-corrected chi connectivity index (χ3v) is 2.90. The number of phenolic OH excluding ortho intramolecular Hbond substituents is 2. The largest absolute Gasteiger partial charge is 0.508 e. The Hall–Kier alpha value is -1.96. The Balaban J connectivity index is 0.000000200. The third-order valence-electron chi connectivity index (χ3n) is 2.90. The first-order valence-corrected chi connectivity index (χ1v) is 6.59. The SMILES string of the molecule is CCc1ccc(C(C)C)cc1.Oc1ccc(O)cc1. The Kier molecular flexibility index (Phi) is 5.94. The molecule has 0 atom stereocenters. The van der Waals surface area contributed by atoms with Crippen molar-refractivity contribution in [3.63, 3.8) is 0 Å². The van der Waals surface area contributed by atoms with Crippen molar-refractivity contribution in [3.8, 4) is 11.5 Å². The molecule has 2 nitrogen and oxygen atoms in total. The van der Waals surface area contributed by atoms with Crippen LogP contribution < -0.4 is 0 Å². The van der Waals surface area contributed by atoms with Crippen molar-refractivity contribution in [2.45, 2.75) is 33.1 Å². The number of aryl methyl sites for hydroxylation is 1. The van der Waals surface area contributed by atoms with Gasteiger partial charge in [-0.1, -0.05) is 45.0 Å². The predicted molar refractivity (Wildman–Crippen MR) is 79.7 cm³/mol. The van der Waals surface area contributed by atoms with Crippen LogP contribution in [0, 0.1) is 0 Å². The number of aromatic hydroxyl groups is 2. The van der Waals surface area contributed by atoms with Gasteiger partial charge in [-0.3, -0.25) is 0 Å². The van der Waals surface area contributed by atoms with E-state index >= 15 is 0 Å². The van der Waals surface area contributed by atoms with Gasteiger partial charge in [0.25, 0.3) is 0 Å². The van der Waals surface area contributed by atoms with Crippen molar-refractivity contribution in [1.82, 2.24) is 0 Å². The maximum atomic E-state index is 8.65. The molecule has 0 bridgehead atoms. The van der Waals surface area contributed by atoms with Gasteiger partial charge in [0.1, 0.15) is 11.5 Å². The van der Waals surface area contributed by atoms with Crippen LogP contribution in [0.5, 0.6) is 11.5 Å². The zero-order valence-electron chi connectivity index (χ0n) is 11.8. The molecule has 0 amide bonds. The first-order chi connectivity index (χ1) is 9.02. The lowest BCUT2D eigenvalue weighted by Gasteiger charge is -2.04. The molecular formula is C17H22O2. The Morgan fingerprint density at radius 2 is 1.21 bits per heavy atom. The highest BCUT2D eigenvalue weighted by Gasteiger charge is 1.96. The molecule has 0 saturated heterocycles. The Morgan fingerprint density at radius 1 is 0.789 bits per heavy atom. The summed E-state index contributed by atoms with van der Waals surface area (Å²) in [6.07, 6.45) is 1.14. The average Bonchev–Trinajstić information content (AvgIpc) is 2.43. The fourth-order valence-corrected chi connectivity index (χ4v) is 1.59. The standard InChI is InChI=1S/C11H16.C6H6O2/c1-4-10-5-7-11(8-6-10)9(2)3;7-5-1-2-6(8)4-3-5/h5-9H,4H2,1-3H3;1-4,7-8H. The second-order valence-electron chi connectivity index (χ2n) is 4.77. The fraction of sp³-hybridized carbons (Fsp3) is 0.294. The molecule has 0 spiro atoms. The van der Waals surface area contributed by atoms with Gasteiger partial charge in [-0.05, 0) is 47.7 Å². The summed E-state index contributed by atoms with van der Waals surface area (Å²) in [5.74, 6) is 0.992. The summed E-state index contributed by atoms with van der Waals surface area (Å²) in [6.45, 7) is 6.63. The van der Waals surface area contributed by atoms with E-state index in [0.717, 1.165) is 6.42 Å². The van der Waals surface area contributed by atoms with Gasteiger partial charge in [0.2, 0.25) is 0 Å². The molecule has 102 valence electrons. The highest BCUT2D eigenvalue weighted by atomic mass is 16.3. The Bertz CT molecular complexity index is 449. The normalized spacial score (nSPS) is 9.89. The summed E-state index contributed by atoms with van der Waals surface area (Å²) in [5, 5.41) is 17.3. The molecule has 0 aromatic heterocycles. The van der Waals surface area contributed by atoms with E-state index in [2.05, 4.69) is 45.0 Å². The van der Waals surface area contributed by atoms with Gasteiger partial charge in [0, 0.05) is 0 Å². The maximum Gasteiger partial charge on any atom is 0.115 e. The van der Waals surface area contributed by atoms with Gasteiger partial charge < -0.3 is 10.2 Å². The molecule has 2 aromatic rings. The lowest BCUT2D eigenvalue weighted by molar-refractivity contribution is 0.460. The van der Waals surface area contributed by atoms with Crippen LogP contribution in [0.4, 0.5) is 0 Å². The molecule has 2 N–H and O–H groups in total. The fourth-order valence-electron chi connectivity index (χ4n) is 1.59. The van der Waals surface area contributed by atoms with Crippen LogP contribution >= 0.6 is 0 Å². The summed E-state index contributed by atoms with van der Waals surface area (Å²) in [4.78, 5) is 0. The van der Waals surface area contributed by atoms with E-state index in [0.29, 0.717) is 5.92 Å². The molecule has 0 unspecified atom stereocenters. The molecule has 19 heavy (non-hydrogen) atoms. The zero-order chi connectivity index (χ0) is 14.3. The number of rotatable bonds is 2. The molecule has 0 fully saturated rings. The first-order valence-electron chi connectivity index (χ1n) is 6.59. The van der Waals surface area contributed by atoms with Gasteiger partial charge in [-0.25, -0.2) is 0 Å². The number of benzene rings is 2. The molecule has 2 heteroatoms. The second-order valence-corrected chi connectivity index (χ2v) is 4.77. The van der Waals surface area contributed by atoms with E-state index in [1.807, 2.05) is 0 Å². The quantitative estimate of drug-likeness (QED) is 0.780. The van der Waals surface area contributed by atoms with Crippen molar-refractivity contribution < 1.29 is 10.2 Å². The minimum absolute atomic E-state index is 0.169. The number of hydrogen-bond acceptors (Lipinski definition) is 2. The van der Waals surface area contributed by atoms with Gasteiger partial charge in [-0.15, -0.1) is 0 Å². The van der Waals surface area contributed by atoms with E-state index in [1.54, 1.807) is 0 Å². The van der Waals surface area contributed by atoms with Crippen molar-refractivity contribution in [3.05, 3.63) is 59.7 Å². The Labute approximate surface area is 115 Å². The topological polar surface area (TPSA) is 40.5 Å². The van der Waals surface area contributed by atoms with Crippen molar-refractivity contribution in [2.75, 3.05) is 0 Å². The lowest BCUT2D eigenvalue weighted by atomic mass is 10.0. The van der Waals surface area contributed by atoms with Crippen LogP contribution in [0.2, 0.25) is 0 Å². The van der Waals surface area contributed by atoms with Gasteiger partial charge in [-0.2, -0.15) is 0 Å². The summed E-state index contributed by atoms with van der Waals surface area (Å²) in [5.41, 5.74) is 2.86. The Morgan fingerprint density at radius 3 is 1.53 bits per heavy atom. The molecule has 0 saturated carbocycles. The van der Waals surface area contributed by atoms with Crippen LogP contribution in [0.25, 0.3) is 0 Å². The third kappa shape index (κ3) is 5.47. The van der Waals surface area contributed by atoms with E-state index in [-0.39, 0.29) is 11.5 Å². The van der Waals surface area contributed by atoms with E-state index in [1.165, 1.54) is 35.4 Å². The van der Waals surface area contributed by atoms with Crippen LogP contribution in [-0.4, -0.2) is 10.2 Å². The summed E-state index contributed by atoms with van der Waals surface area (Å²) >= 11 is 0. The van der Waals surface area contributed by atoms with Crippen molar-refractivity contribution >= 4 is 0 Å². The summed E-state index contributed by atoms with van der Waals surface area (Å²) < 4.78 is 0. The predicted octanol–water partition coefficient (Wildman–Crippen LogP) is 4.47. The first kappa shape index (κ1) is 15.1. The van der Waals surface area contributed by atoms with Gasteiger partial charge in [0.15, 0.2) is 0 Å². The number of hydrogen-bond donors (Lipinski definition) is 2. The van der Waals surface area contributed by atoms with Gasteiger partial charge >= 0.3 is 0 Å². The van der Waals surface area contributed by atoms with Gasteiger partial charge in [0.05, 0.1) is 0 Å². The number of phenols is 2. The minimum atomic E-state index is 0.169. The average molecular weight is 258 g/mol. The van der Waals surface area contributed by atoms with Crippen LogP contribution in [0.3, 0.4) is 0 Å². The second kappa shape index (κ2) is 7.47. The molecule has 0 heterocycles. The molecular weight excluding hydrogens is 236 g/mol. The molecule has 2 aromatic carbocycles. The van der Waals surface area contributed by atoms with Crippen molar-refractivity contribution in [1.29, 1.82) is 0 Å². The monoisotopic (exact) mass is 258 g/mol. The smallest absolute Gasteiger partial charge is 0.115 e. The van der Waals surface area contributed by atoms with E-state index in [4.69, 9.17) is 10.2 Å². The minimum Gasteiger partial charge on any atom is -0.508 e. The van der Waals surface area contributed by atoms with Crippen molar-refractivity contribution in [2.24, 2.45) is 0 Å². The van der Waals surface area contributed by atoms with E-state index in [9.17, 15) is 0 Å². The van der Waals surface area contributed by atoms with E-state index < -0.39 is 0 Å². The molecule has 2 rings (SSSR count). The summed E-state index contributed by atoms with van der Waals surface area (Å²) in [6, 6.07) is 14.6. The van der Waals surface area contributed by atoms with Crippen LogP contribution in [-0.2, 0) is 6.42 Å².